The molecule has 2 aromatic heterocycles. The van der Waals surface area contributed by atoms with Gasteiger partial charge in [-0.25, -0.2) is 4.79 Å². The molecule has 6 nitrogen and oxygen atoms in total. The van der Waals surface area contributed by atoms with Crippen LogP contribution in [-0.4, -0.2) is 34.8 Å². The van der Waals surface area contributed by atoms with Gasteiger partial charge in [-0.05, 0) is 44.2 Å². The molecule has 23 heavy (non-hydrogen) atoms. The van der Waals surface area contributed by atoms with E-state index in [1.165, 1.54) is 0 Å². The Labute approximate surface area is 136 Å². The van der Waals surface area contributed by atoms with Crippen LogP contribution in [0, 0.1) is 0 Å². The summed E-state index contributed by atoms with van der Waals surface area (Å²) in [6.45, 7) is 2.95. The lowest BCUT2D eigenvalue weighted by molar-refractivity contribution is 0.0238. The Morgan fingerprint density at radius 1 is 1.39 bits per heavy atom. The molecule has 0 bridgehead atoms. The highest BCUT2D eigenvalue weighted by Gasteiger charge is 2.23. The Morgan fingerprint density at radius 3 is 3.00 bits per heavy atom. The zero-order valence-electron chi connectivity index (χ0n) is 13.5. The van der Waals surface area contributed by atoms with E-state index in [2.05, 4.69) is 27.5 Å². The van der Waals surface area contributed by atoms with Crippen molar-refractivity contribution in [3.05, 3.63) is 24.5 Å². The van der Waals surface area contributed by atoms with Crippen molar-refractivity contribution in [3.63, 3.8) is 0 Å². The molecule has 0 saturated heterocycles. The molecule has 0 spiro atoms. The first kappa shape index (κ1) is 15.8. The van der Waals surface area contributed by atoms with E-state index in [1.54, 1.807) is 12.4 Å². The van der Waals surface area contributed by atoms with Crippen LogP contribution in [0.25, 0.3) is 11.0 Å². The summed E-state index contributed by atoms with van der Waals surface area (Å²) in [5.41, 5.74) is 2.40. The van der Waals surface area contributed by atoms with Gasteiger partial charge in [0.15, 0.2) is 0 Å². The molecule has 124 valence electrons. The third kappa shape index (κ3) is 4.01. The lowest BCUT2D eigenvalue weighted by Crippen LogP contribution is -2.41. The number of carbonyl (C=O) groups excluding carboxylic acids is 1. The van der Waals surface area contributed by atoms with Crippen molar-refractivity contribution in [1.82, 2.24) is 15.3 Å². The van der Waals surface area contributed by atoms with E-state index < -0.39 is 0 Å². The van der Waals surface area contributed by atoms with E-state index in [9.17, 15) is 4.79 Å². The number of hydrogen-bond donors (Lipinski definition) is 3. The average Bonchev–Trinajstić information content (AvgIpc) is 2.97. The van der Waals surface area contributed by atoms with Gasteiger partial charge >= 0.3 is 6.03 Å². The van der Waals surface area contributed by atoms with Crippen LogP contribution in [0.1, 0.15) is 39.0 Å². The van der Waals surface area contributed by atoms with E-state index in [4.69, 9.17) is 4.74 Å². The number of aromatic amines is 1. The summed E-state index contributed by atoms with van der Waals surface area (Å²) < 4.78 is 5.78. The zero-order valence-corrected chi connectivity index (χ0v) is 13.5. The first-order chi connectivity index (χ1) is 11.3. The third-order valence-corrected chi connectivity index (χ3v) is 4.25. The number of carbonyl (C=O) groups is 1. The quantitative estimate of drug-likeness (QED) is 0.791. The molecule has 3 N–H and O–H groups in total. The second-order valence-corrected chi connectivity index (χ2v) is 6.04. The maximum atomic E-state index is 12.2. The van der Waals surface area contributed by atoms with Crippen LogP contribution in [0.3, 0.4) is 0 Å². The van der Waals surface area contributed by atoms with Crippen LogP contribution in [0.2, 0.25) is 0 Å². The maximum absolute atomic E-state index is 12.2. The highest BCUT2D eigenvalue weighted by atomic mass is 16.5. The molecule has 1 aliphatic rings. The minimum absolute atomic E-state index is 0.172. The molecule has 2 heterocycles. The van der Waals surface area contributed by atoms with E-state index in [-0.39, 0.29) is 12.1 Å². The lowest BCUT2D eigenvalue weighted by Gasteiger charge is -2.29. The molecule has 3 rings (SSSR count). The minimum atomic E-state index is -0.172. The summed E-state index contributed by atoms with van der Waals surface area (Å²) in [5.74, 6) is 0. The smallest absolute Gasteiger partial charge is 0.319 e. The zero-order chi connectivity index (χ0) is 16.1. The Kier molecular flexibility index (Phi) is 5.12. The van der Waals surface area contributed by atoms with Gasteiger partial charge in [0.25, 0.3) is 0 Å². The van der Waals surface area contributed by atoms with Gasteiger partial charge < -0.3 is 20.4 Å². The number of aromatic nitrogens is 2. The Hall–Kier alpha value is -2.08. The molecule has 6 heteroatoms. The van der Waals surface area contributed by atoms with Crippen LogP contribution < -0.4 is 10.6 Å². The van der Waals surface area contributed by atoms with Gasteiger partial charge in [-0.15, -0.1) is 0 Å². The van der Waals surface area contributed by atoms with Crippen molar-refractivity contribution in [1.29, 1.82) is 0 Å². The number of anilines is 1. The lowest BCUT2D eigenvalue weighted by atomic mass is 9.93. The van der Waals surface area contributed by atoms with Crippen LogP contribution in [-0.2, 0) is 4.74 Å². The van der Waals surface area contributed by atoms with Crippen molar-refractivity contribution < 1.29 is 9.53 Å². The second kappa shape index (κ2) is 7.46. The third-order valence-electron chi connectivity index (χ3n) is 4.25. The minimum Gasteiger partial charge on any atom is -0.378 e. The van der Waals surface area contributed by atoms with Crippen molar-refractivity contribution in [3.8, 4) is 0 Å². The summed E-state index contributed by atoms with van der Waals surface area (Å²) in [6.07, 6.45) is 8.86. The van der Waals surface area contributed by atoms with E-state index in [1.807, 2.05) is 12.1 Å². The van der Waals surface area contributed by atoms with Gasteiger partial charge in [-0.2, -0.15) is 0 Å². The molecular formula is C17H24N4O2. The molecule has 1 aliphatic carbocycles. The topological polar surface area (TPSA) is 79.0 Å². The molecule has 1 fully saturated rings. The first-order valence-corrected chi connectivity index (χ1v) is 8.37. The summed E-state index contributed by atoms with van der Waals surface area (Å²) in [5, 5.41) is 5.93. The van der Waals surface area contributed by atoms with E-state index >= 15 is 0 Å². The molecule has 0 aromatic carbocycles. The first-order valence-electron chi connectivity index (χ1n) is 8.37. The number of hydrogen-bond acceptors (Lipinski definition) is 3. The number of urea groups is 1. The Bertz CT molecular complexity index is 647. The second-order valence-electron chi connectivity index (χ2n) is 6.04. The molecule has 2 amide bonds. The molecule has 0 aliphatic heterocycles. The number of amides is 2. The van der Waals surface area contributed by atoms with Gasteiger partial charge in [-0.1, -0.05) is 6.92 Å². The fourth-order valence-corrected chi connectivity index (χ4v) is 3.05. The molecule has 1 saturated carbocycles. The largest absolute Gasteiger partial charge is 0.378 e. The number of fused-ring (bicyclic) bond motifs is 1. The SMILES string of the molecule is CCCOC1CCC(NC(=O)Nc2c[nH]c3cccnc23)CC1. The van der Waals surface area contributed by atoms with Crippen LogP contribution >= 0.6 is 0 Å². The molecule has 0 unspecified atom stereocenters. The van der Waals surface area contributed by atoms with Gasteiger partial charge in [0.2, 0.25) is 0 Å². The summed E-state index contributed by atoms with van der Waals surface area (Å²) >= 11 is 0. The van der Waals surface area contributed by atoms with Gasteiger partial charge in [0, 0.05) is 25.0 Å². The van der Waals surface area contributed by atoms with Crippen molar-refractivity contribution >= 4 is 22.8 Å². The standard InChI is InChI=1S/C17H24N4O2/c1-2-10-23-13-7-5-12(6-8-13)20-17(22)21-15-11-19-14-4-3-9-18-16(14)15/h3-4,9,11-13,19H,2,5-8,10H2,1H3,(H2,20,21,22). The van der Waals surface area contributed by atoms with E-state index in [0.717, 1.165) is 49.7 Å². The predicted molar refractivity (Wildman–Crippen MR) is 90.5 cm³/mol. The fourth-order valence-electron chi connectivity index (χ4n) is 3.05. The summed E-state index contributed by atoms with van der Waals surface area (Å²) in [4.78, 5) is 19.6. The number of ether oxygens (including phenoxy) is 1. The highest BCUT2D eigenvalue weighted by Crippen LogP contribution is 2.22. The van der Waals surface area contributed by atoms with Crippen molar-refractivity contribution in [2.24, 2.45) is 0 Å². The maximum Gasteiger partial charge on any atom is 0.319 e. The molecule has 0 atom stereocenters. The van der Waals surface area contributed by atoms with Crippen LogP contribution in [0.4, 0.5) is 10.5 Å². The Morgan fingerprint density at radius 2 is 2.22 bits per heavy atom. The normalized spacial score (nSPS) is 21.3. The van der Waals surface area contributed by atoms with Crippen molar-refractivity contribution in [2.45, 2.75) is 51.2 Å². The summed E-state index contributed by atoms with van der Waals surface area (Å²) in [7, 11) is 0. The average molecular weight is 316 g/mol. The molecule has 2 aromatic rings. The summed E-state index contributed by atoms with van der Waals surface area (Å²) in [6, 6.07) is 3.84. The van der Waals surface area contributed by atoms with Crippen LogP contribution in [0.15, 0.2) is 24.5 Å². The van der Waals surface area contributed by atoms with Gasteiger partial charge in [-0.3, -0.25) is 4.98 Å². The number of H-pyrrole nitrogens is 1. The number of pyridine rings is 1. The van der Waals surface area contributed by atoms with E-state index in [0.29, 0.717) is 11.8 Å². The predicted octanol–water partition coefficient (Wildman–Crippen LogP) is 3.42. The Balaban J connectivity index is 1.49. The van der Waals surface area contributed by atoms with Crippen LogP contribution in [0.5, 0.6) is 0 Å². The highest BCUT2D eigenvalue weighted by molar-refractivity contribution is 5.99. The fraction of sp³-hybridized carbons (Fsp3) is 0.529. The number of rotatable bonds is 5. The number of nitrogens with zero attached hydrogens (tertiary/aromatic N) is 1. The number of nitrogens with one attached hydrogen (secondary N) is 3. The monoisotopic (exact) mass is 316 g/mol. The molecular weight excluding hydrogens is 292 g/mol. The van der Waals surface area contributed by atoms with Gasteiger partial charge in [0.1, 0.15) is 5.52 Å². The van der Waals surface area contributed by atoms with Gasteiger partial charge in [0.05, 0.1) is 17.3 Å². The molecule has 0 radical (unpaired) electrons. The van der Waals surface area contributed by atoms with Crippen molar-refractivity contribution in [2.75, 3.05) is 11.9 Å².